The van der Waals surface area contributed by atoms with Gasteiger partial charge in [-0.3, -0.25) is 9.88 Å². The summed E-state index contributed by atoms with van der Waals surface area (Å²) in [5, 5.41) is 0. The molecule has 1 aromatic heterocycles. The van der Waals surface area contributed by atoms with Gasteiger partial charge in [0, 0.05) is 32.7 Å². The fourth-order valence-electron chi connectivity index (χ4n) is 4.26. The lowest BCUT2D eigenvalue weighted by molar-refractivity contribution is 0.250. The molecule has 1 fully saturated rings. The van der Waals surface area contributed by atoms with Crippen LogP contribution in [0.4, 0.5) is 5.69 Å². The van der Waals surface area contributed by atoms with E-state index in [0.717, 1.165) is 55.2 Å². The van der Waals surface area contributed by atoms with Crippen LogP contribution in [-0.4, -0.2) is 43.2 Å². The number of piperazine rings is 1. The maximum absolute atomic E-state index is 11.6. The highest BCUT2D eigenvalue weighted by atomic mass is 16.5. The molecule has 1 N–H and O–H groups in total. The number of benzene rings is 3. The monoisotopic (exact) mass is 415 g/mol. The molecule has 1 aliphatic rings. The third-order valence-electron chi connectivity index (χ3n) is 5.87. The van der Waals surface area contributed by atoms with E-state index in [2.05, 4.69) is 51.2 Å². The van der Waals surface area contributed by atoms with Crippen LogP contribution in [0.1, 0.15) is 5.56 Å². The highest BCUT2D eigenvalue weighted by molar-refractivity contribution is 5.86. The molecule has 1 aliphatic heterocycles. The number of aromatic amines is 1. The number of rotatable bonds is 5. The zero-order valence-corrected chi connectivity index (χ0v) is 17.5. The molecule has 2 heterocycles. The Balaban J connectivity index is 1.27. The van der Waals surface area contributed by atoms with Crippen molar-refractivity contribution in [3.05, 3.63) is 82.8 Å². The lowest BCUT2D eigenvalue weighted by Crippen LogP contribution is -2.46. The Morgan fingerprint density at radius 2 is 1.68 bits per heavy atom. The van der Waals surface area contributed by atoms with Gasteiger partial charge in [-0.15, -0.1) is 0 Å². The first-order valence-electron chi connectivity index (χ1n) is 10.5. The van der Waals surface area contributed by atoms with Gasteiger partial charge in [-0.1, -0.05) is 36.4 Å². The molecule has 0 spiro atoms. The summed E-state index contributed by atoms with van der Waals surface area (Å²) in [6, 6.07) is 22.7. The quantitative estimate of drug-likeness (QED) is 0.531. The molecule has 0 amide bonds. The molecule has 0 bridgehead atoms. The van der Waals surface area contributed by atoms with Gasteiger partial charge in [0.15, 0.2) is 5.58 Å². The van der Waals surface area contributed by atoms with Crippen LogP contribution >= 0.6 is 0 Å². The maximum Gasteiger partial charge on any atom is 0.417 e. The van der Waals surface area contributed by atoms with Crippen LogP contribution < -0.4 is 15.4 Å². The van der Waals surface area contributed by atoms with Crippen molar-refractivity contribution in [2.45, 2.75) is 6.54 Å². The molecule has 0 aliphatic carbocycles. The molecule has 6 nitrogen and oxygen atoms in total. The lowest BCUT2D eigenvalue weighted by Gasteiger charge is -2.36. The van der Waals surface area contributed by atoms with E-state index in [-0.39, 0.29) is 0 Å². The predicted molar refractivity (Wildman–Crippen MR) is 123 cm³/mol. The highest BCUT2D eigenvalue weighted by Crippen LogP contribution is 2.27. The van der Waals surface area contributed by atoms with E-state index in [1.165, 1.54) is 11.1 Å². The number of oxazole rings is 1. The molecule has 0 unspecified atom stereocenters. The van der Waals surface area contributed by atoms with E-state index in [9.17, 15) is 4.79 Å². The first-order valence-corrected chi connectivity index (χ1v) is 10.5. The van der Waals surface area contributed by atoms with E-state index < -0.39 is 5.76 Å². The molecule has 4 aromatic rings. The topological polar surface area (TPSA) is 61.7 Å². The fourth-order valence-corrected chi connectivity index (χ4v) is 4.26. The van der Waals surface area contributed by atoms with Gasteiger partial charge in [-0.05, 0) is 47.0 Å². The number of hydrogen-bond acceptors (Lipinski definition) is 5. The number of ether oxygens (including phenoxy) is 1. The van der Waals surface area contributed by atoms with E-state index >= 15 is 0 Å². The van der Waals surface area contributed by atoms with Gasteiger partial charge in [0.1, 0.15) is 5.75 Å². The Morgan fingerprint density at radius 1 is 0.935 bits per heavy atom. The number of nitrogens with zero attached hydrogens (tertiary/aromatic N) is 2. The summed E-state index contributed by atoms with van der Waals surface area (Å²) in [5.74, 6) is 0.462. The molecule has 0 radical (unpaired) electrons. The van der Waals surface area contributed by atoms with E-state index in [4.69, 9.17) is 9.15 Å². The largest absolute Gasteiger partial charge is 0.497 e. The maximum atomic E-state index is 11.6. The van der Waals surface area contributed by atoms with Crippen LogP contribution in [0.2, 0.25) is 0 Å². The lowest BCUT2D eigenvalue weighted by atomic mass is 10.0. The average Bonchev–Trinajstić information content (AvgIpc) is 3.20. The molecule has 6 heteroatoms. The van der Waals surface area contributed by atoms with Crippen molar-refractivity contribution in [1.29, 1.82) is 0 Å². The Hall–Kier alpha value is -3.51. The average molecular weight is 415 g/mol. The molecular weight excluding hydrogens is 390 g/mol. The van der Waals surface area contributed by atoms with E-state index in [1.54, 1.807) is 7.11 Å². The number of hydrogen-bond donors (Lipinski definition) is 1. The standard InChI is InChI=1S/C25H25N3O3/c1-30-21-8-3-7-20(16-21)19-6-2-5-18(15-19)17-27-11-13-28(14-12-27)23-10-4-9-22-24(23)31-25(29)26-22/h2-10,15-16H,11-14,17H2,1H3,(H,26,29). The second-order valence-corrected chi connectivity index (χ2v) is 7.86. The van der Waals surface area contributed by atoms with Gasteiger partial charge in [0.25, 0.3) is 0 Å². The van der Waals surface area contributed by atoms with Gasteiger partial charge in [0.2, 0.25) is 0 Å². The predicted octanol–water partition coefficient (Wildman–Crippen LogP) is 4.12. The van der Waals surface area contributed by atoms with Crippen molar-refractivity contribution in [3.63, 3.8) is 0 Å². The number of aromatic nitrogens is 1. The van der Waals surface area contributed by atoms with Gasteiger partial charge >= 0.3 is 5.76 Å². The van der Waals surface area contributed by atoms with Crippen molar-refractivity contribution >= 4 is 16.8 Å². The second-order valence-electron chi connectivity index (χ2n) is 7.86. The molecule has 1 saturated heterocycles. The fraction of sp³-hybridized carbons (Fsp3) is 0.240. The highest BCUT2D eigenvalue weighted by Gasteiger charge is 2.20. The summed E-state index contributed by atoms with van der Waals surface area (Å²) in [7, 11) is 1.69. The van der Waals surface area contributed by atoms with Crippen molar-refractivity contribution < 1.29 is 9.15 Å². The van der Waals surface area contributed by atoms with Gasteiger partial charge in [0.05, 0.1) is 18.3 Å². The minimum Gasteiger partial charge on any atom is -0.497 e. The zero-order valence-electron chi connectivity index (χ0n) is 17.5. The summed E-state index contributed by atoms with van der Waals surface area (Å²) in [5.41, 5.74) is 6.03. The molecule has 5 rings (SSSR count). The Morgan fingerprint density at radius 3 is 2.48 bits per heavy atom. The molecule has 0 saturated carbocycles. The second kappa shape index (κ2) is 8.32. The van der Waals surface area contributed by atoms with Crippen LogP contribution in [0.15, 0.2) is 75.9 Å². The minimum absolute atomic E-state index is 0.406. The summed E-state index contributed by atoms with van der Waals surface area (Å²) >= 11 is 0. The van der Waals surface area contributed by atoms with Crippen LogP contribution in [-0.2, 0) is 6.54 Å². The van der Waals surface area contributed by atoms with Gasteiger partial charge in [-0.25, -0.2) is 4.79 Å². The van der Waals surface area contributed by atoms with E-state index in [0.29, 0.717) is 5.58 Å². The summed E-state index contributed by atoms with van der Waals surface area (Å²) in [4.78, 5) is 19.1. The number of anilines is 1. The summed E-state index contributed by atoms with van der Waals surface area (Å²) in [6.45, 7) is 4.60. The van der Waals surface area contributed by atoms with Crippen molar-refractivity contribution in [2.75, 3.05) is 38.2 Å². The number of H-pyrrole nitrogens is 1. The van der Waals surface area contributed by atoms with Crippen LogP contribution in [0, 0.1) is 0 Å². The summed E-state index contributed by atoms with van der Waals surface area (Å²) in [6.07, 6.45) is 0. The Labute approximate surface area is 180 Å². The Kier molecular flexibility index (Phi) is 5.22. The van der Waals surface area contributed by atoms with Gasteiger partial charge in [-0.2, -0.15) is 0 Å². The zero-order chi connectivity index (χ0) is 21.2. The van der Waals surface area contributed by atoms with Crippen LogP contribution in [0.5, 0.6) is 5.75 Å². The molecular formula is C25H25N3O3. The normalized spacial score (nSPS) is 14.8. The van der Waals surface area contributed by atoms with Crippen molar-refractivity contribution in [2.24, 2.45) is 0 Å². The van der Waals surface area contributed by atoms with E-state index in [1.807, 2.05) is 30.3 Å². The third-order valence-corrected chi connectivity index (χ3v) is 5.87. The van der Waals surface area contributed by atoms with Gasteiger partial charge < -0.3 is 14.1 Å². The van der Waals surface area contributed by atoms with Crippen molar-refractivity contribution in [3.8, 4) is 16.9 Å². The first kappa shape index (κ1) is 19.5. The smallest absolute Gasteiger partial charge is 0.417 e. The minimum atomic E-state index is -0.406. The first-order chi connectivity index (χ1) is 15.2. The van der Waals surface area contributed by atoms with Crippen LogP contribution in [0.25, 0.3) is 22.2 Å². The summed E-state index contributed by atoms with van der Waals surface area (Å²) < 4.78 is 10.7. The number of para-hydroxylation sites is 1. The molecule has 158 valence electrons. The third kappa shape index (κ3) is 4.07. The SMILES string of the molecule is COc1cccc(-c2cccc(CN3CCN(c4cccc5[nH]c(=O)oc45)CC3)c2)c1. The number of methoxy groups -OCH3 is 1. The number of fused-ring (bicyclic) bond motifs is 1. The molecule has 0 atom stereocenters. The number of nitrogens with one attached hydrogen (secondary N) is 1. The van der Waals surface area contributed by atoms with Crippen LogP contribution in [0.3, 0.4) is 0 Å². The Bertz CT molecular complexity index is 1250. The van der Waals surface area contributed by atoms with Crippen molar-refractivity contribution in [1.82, 2.24) is 9.88 Å². The molecule has 31 heavy (non-hydrogen) atoms. The molecule has 3 aromatic carbocycles.